The lowest BCUT2D eigenvalue weighted by Gasteiger charge is -2.33. The Hall–Kier alpha value is -2.06. The van der Waals surface area contributed by atoms with Gasteiger partial charge in [0, 0.05) is 50.8 Å². The number of anilines is 1. The molecule has 0 amide bonds. The van der Waals surface area contributed by atoms with Crippen LogP contribution in [0.4, 0.5) is 5.82 Å². The van der Waals surface area contributed by atoms with Crippen molar-refractivity contribution in [1.29, 1.82) is 0 Å². The number of thiophene rings is 1. The Labute approximate surface area is 187 Å². The molecule has 0 saturated carbocycles. The highest BCUT2D eigenvalue weighted by molar-refractivity contribution is 7.17. The van der Waals surface area contributed by atoms with E-state index in [1.54, 1.807) is 18.4 Å². The first-order valence-electron chi connectivity index (χ1n) is 11.2. The van der Waals surface area contributed by atoms with Crippen LogP contribution < -0.4 is 4.90 Å². The van der Waals surface area contributed by atoms with E-state index in [1.807, 2.05) is 0 Å². The topological polar surface area (TPSA) is 50.7 Å². The number of aromatic nitrogens is 2. The Morgan fingerprint density at radius 1 is 1.06 bits per heavy atom. The number of hydrogen-bond donors (Lipinski definition) is 0. The second-order valence-electron chi connectivity index (χ2n) is 8.43. The third kappa shape index (κ3) is 4.60. The molecule has 0 radical (unpaired) electrons. The second-order valence-corrected chi connectivity index (χ2v) is 9.29. The van der Waals surface area contributed by atoms with E-state index >= 15 is 0 Å². The van der Waals surface area contributed by atoms with E-state index in [-0.39, 0.29) is 0 Å². The summed E-state index contributed by atoms with van der Waals surface area (Å²) in [6, 6.07) is 10.6. The molecule has 0 atom stereocenters. The number of benzene rings is 1. The Balaban J connectivity index is 1.51. The fourth-order valence-corrected chi connectivity index (χ4v) is 5.56. The Kier molecular flexibility index (Phi) is 6.45. The van der Waals surface area contributed by atoms with E-state index in [0.717, 1.165) is 81.9 Å². The molecule has 4 heterocycles. The molecule has 164 valence electrons. The summed E-state index contributed by atoms with van der Waals surface area (Å²) in [6.07, 6.45) is 2.28. The summed E-state index contributed by atoms with van der Waals surface area (Å²) >= 11 is 1.73. The van der Waals surface area contributed by atoms with Gasteiger partial charge in [0.25, 0.3) is 0 Å². The minimum absolute atomic E-state index is 0.641. The number of rotatable bonds is 6. The van der Waals surface area contributed by atoms with Gasteiger partial charge in [-0.15, -0.1) is 11.3 Å². The molecule has 0 N–H and O–H groups in total. The number of morpholine rings is 1. The Morgan fingerprint density at radius 3 is 2.58 bits per heavy atom. The van der Waals surface area contributed by atoms with Crippen LogP contribution in [0.2, 0.25) is 0 Å². The molecule has 0 bridgehead atoms. The van der Waals surface area contributed by atoms with Crippen LogP contribution in [-0.4, -0.2) is 68.0 Å². The van der Waals surface area contributed by atoms with E-state index in [9.17, 15) is 0 Å². The van der Waals surface area contributed by atoms with E-state index in [4.69, 9.17) is 19.4 Å². The molecular formula is C24H30N4O2S. The zero-order valence-electron chi connectivity index (χ0n) is 18.1. The predicted molar refractivity (Wildman–Crippen MR) is 126 cm³/mol. The van der Waals surface area contributed by atoms with Crippen LogP contribution in [0, 0.1) is 5.92 Å². The van der Waals surface area contributed by atoms with Gasteiger partial charge in [-0.05, 0) is 24.3 Å². The van der Waals surface area contributed by atoms with Crippen molar-refractivity contribution >= 4 is 27.4 Å². The first kappa shape index (κ1) is 20.8. The van der Waals surface area contributed by atoms with Crippen molar-refractivity contribution in [1.82, 2.24) is 14.9 Å². The number of piperidine rings is 1. The van der Waals surface area contributed by atoms with E-state index < -0.39 is 0 Å². The van der Waals surface area contributed by atoms with Crippen molar-refractivity contribution in [3.63, 3.8) is 0 Å². The van der Waals surface area contributed by atoms with Gasteiger partial charge in [0.2, 0.25) is 0 Å². The number of hydrogen-bond acceptors (Lipinski definition) is 7. The fraction of sp³-hybridized carbons (Fsp3) is 0.500. The summed E-state index contributed by atoms with van der Waals surface area (Å²) in [5.41, 5.74) is 2.47. The van der Waals surface area contributed by atoms with Gasteiger partial charge in [0.1, 0.15) is 16.5 Å². The van der Waals surface area contributed by atoms with Crippen molar-refractivity contribution in [2.45, 2.75) is 19.4 Å². The Morgan fingerprint density at radius 2 is 1.84 bits per heavy atom. The minimum atomic E-state index is 0.641. The van der Waals surface area contributed by atoms with Crippen LogP contribution in [-0.2, 0) is 16.0 Å². The standard InChI is InChI=1S/C24H30N4O2S/c1-29-16-18-7-9-28(10-8-18)23-22-20(19-5-3-2-4-6-19)17-31-24(22)26-21(25-23)15-27-11-13-30-14-12-27/h2-6,17-18H,7-16H2,1H3. The van der Waals surface area contributed by atoms with Crippen LogP contribution in [0.15, 0.2) is 35.7 Å². The minimum Gasteiger partial charge on any atom is -0.384 e. The second kappa shape index (κ2) is 9.61. The average molecular weight is 439 g/mol. The molecule has 2 aromatic heterocycles. The monoisotopic (exact) mass is 438 g/mol. The summed E-state index contributed by atoms with van der Waals surface area (Å²) in [5, 5.41) is 3.45. The van der Waals surface area contributed by atoms with E-state index in [1.165, 1.54) is 16.5 Å². The molecule has 31 heavy (non-hydrogen) atoms. The van der Waals surface area contributed by atoms with Crippen LogP contribution in [0.1, 0.15) is 18.7 Å². The quantitative estimate of drug-likeness (QED) is 0.579. The number of methoxy groups -OCH3 is 1. The molecule has 7 heteroatoms. The van der Waals surface area contributed by atoms with E-state index in [2.05, 4.69) is 45.5 Å². The van der Waals surface area contributed by atoms with Crippen LogP contribution >= 0.6 is 11.3 Å². The molecule has 3 aromatic rings. The molecule has 6 nitrogen and oxygen atoms in total. The maximum Gasteiger partial charge on any atom is 0.146 e. The number of fused-ring (bicyclic) bond motifs is 1. The van der Waals surface area contributed by atoms with Crippen LogP contribution in [0.25, 0.3) is 21.3 Å². The van der Waals surface area contributed by atoms with Gasteiger partial charge in [-0.2, -0.15) is 0 Å². The van der Waals surface area contributed by atoms with Crippen molar-refractivity contribution in [3.8, 4) is 11.1 Å². The van der Waals surface area contributed by atoms with Gasteiger partial charge in [-0.3, -0.25) is 4.90 Å². The predicted octanol–water partition coefficient (Wildman–Crippen LogP) is 4.05. The summed E-state index contributed by atoms with van der Waals surface area (Å²) in [7, 11) is 1.80. The maximum absolute atomic E-state index is 5.51. The zero-order valence-corrected chi connectivity index (χ0v) is 18.9. The summed E-state index contributed by atoms with van der Waals surface area (Å²) in [5.74, 6) is 2.66. The highest BCUT2D eigenvalue weighted by Gasteiger charge is 2.25. The fourth-order valence-electron chi connectivity index (χ4n) is 4.60. The van der Waals surface area contributed by atoms with Gasteiger partial charge >= 0.3 is 0 Å². The van der Waals surface area contributed by atoms with Gasteiger partial charge in [-0.1, -0.05) is 30.3 Å². The largest absolute Gasteiger partial charge is 0.384 e. The number of ether oxygens (including phenoxy) is 2. The summed E-state index contributed by atoms with van der Waals surface area (Å²) in [6.45, 7) is 7.13. The van der Waals surface area contributed by atoms with Gasteiger partial charge in [-0.25, -0.2) is 9.97 Å². The van der Waals surface area contributed by atoms with E-state index in [0.29, 0.717) is 5.92 Å². The lowest BCUT2D eigenvalue weighted by atomic mass is 9.97. The molecule has 2 aliphatic heterocycles. The smallest absolute Gasteiger partial charge is 0.146 e. The first-order chi connectivity index (χ1) is 15.3. The zero-order chi connectivity index (χ0) is 21.0. The molecule has 2 saturated heterocycles. The molecule has 2 fully saturated rings. The SMILES string of the molecule is COCC1CCN(c2nc(CN3CCOCC3)nc3scc(-c4ccccc4)c23)CC1. The molecule has 0 unspecified atom stereocenters. The summed E-state index contributed by atoms with van der Waals surface area (Å²) in [4.78, 5) is 16.1. The summed E-state index contributed by atoms with van der Waals surface area (Å²) < 4.78 is 10.9. The van der Waals surface area contributed by atoms with Crippen molar-refractivity contribution in [2.24, 2.45) is 5.92 Å². The molecule has 5 rings (SSSR count). The van der Waals surface area contributed by atoms with Crippen molar-refractivity contribution in [3.05, 3.63) is 41.5 Å². The molecule has 0 spiro atoms. The average Bonchev–Trinajstić information content (AvgIpc) is 3.25. The van der Waals surface area contributed by atoms with Crippen molar-refractivity contribution < 1.29 is 9.47 Å². The molecule has 0 aliphatic carbocycles. The highest BCUT2D eigenvalue weighted by Crippen LogP contribution is 2.39. The first-order valence-corrected chi connectivity index (χ1v) is 12.1. The lowest BCUT2D eigenvalue weighted by molar-refractivity contribution is 0.0331. The van der Waals surface area contributed by atoms with Gasteiger partial charge < -0.3 is 14.4 Å². The Bertz CT molecular complexity index is 995. The maximum atomic E-state index is 5.51. The molecular weight excluding hydrogens is 408 g/mol. The van der Waals surface area contributed by atoms with Gasteiger partial charge in [0.15, 0.2) is 0 Å². The van der Waals surface area contributed by atoms with Crippen molar-refractivity contribution in [2.75, 3.05) is 58.0 Å². The molecule has 1 aromatic carbocycles. The third-order valence-electron chi connectivity index (χ3n) is 6.33. The normalized spacial score (nSPS) is 18.7. The molecule has 2 aliphatic rings. The van der Waals surface area contributed by atoms with Crippen LogP contribution in [0.3, 0.4) is 0 Å². The van der Waals surface area contributed by atoms with Gasteiger partial charge in [0.05, 0.1) is 25.1 Å². The highest BCUT2D eigenvalue weighted by atomic mass is 32.1. The van der Waals surface area contributed by atoms with Crippen LogP contribution in [0.5, 0.6) is 0 Å². The third-order valence-corrected chi connectivity index (χ3v) is 7.20. The lowest BCUT2D eigenvalue weighted by Crippen LogP contribution is -2.37. The number of nitrogens with zero attached hydrogens (tertiary/aromatic N) is 4.